The van der Waals surface area contributed by atoms with Crippen LogP contribution in [0.15, 0.2) is 78.4 Å². The minimum absolute atomic E-state index is 0.100. The van der Waals surface area contributed by atoms with Gasteiger partial charge in [0.2, 0.25) is 5.91 Å². The van der Waals surface area contributed by atoms with Gasteiger partial charge in [-0.15, -0.1) is 11.3 Å². The zero-order chi connectivity index (χ0) is 22.3. The topological polar surface area (TPSA) is 84.0 Å². The number of hydrogen-bond donors (Lipinski definition) is 2. The Hall–Kier alpha value is -3.84. The third-order valence-electron chi connectivity index (χ3n) is 4.81. The van der Waals surface area contributed by atoms with Gasteiger partial charge in [-0.05, 0) is 36.8 Å². The van der Waals surface area contributed by atoms with Crippen molar-refractivity contribution in [2.24, 2.45) is 0 Å². The summed E-state index contributed by atoms with van der Waals surface area (Å²) < 4.78 is 0. The maximum Gasteiger partial charge on any atom is 0.255 e. The summed E-state index contributed by atoms with van der Waals surface area (Å²) in [5.41, 5.74) is 5.10. The molecule has 2 N–H and O–H groups in total. The van der Waals surface area contributed by atoms with Gasteiger partial charge in [-0.3, -0.25) is 14.6 Å². The van der Waals surface area contributed by atoms with Crippen LogP contribution in [-0.4, -0.2) is 21.8 Å². The molecule has 0 bridgehead atoms. The third-order valence-corrected chi connectivity index (χ3v) is 5.75. The maximum absolute atomic E-state index is 12.4. The van der Waals surface area contributed by atoms with Gasteiger partial charge in [0, 0.05) is 41.1 Å². The van der Waals surface area contributed by atoms with E-state index in [0.717, 1.165) is 21.8 Å². The Bertz CT molecular complexity index is 1220. The Morgan fingerprint density at radius 1 is 1.00 bits per heavy atom. The fourth-order valence-electron chi connectivity index (χ4n) is 3.11. The average Bonchev–Trinajstić information content (AvgIpc) is 3.27. The second-order valence-electron chi connectivity index (χ2n) is 7.35. The molecule has 6 nitrogen and oxygen atoms in total. The number of hydrogen-bond acceptors (Lipinski definition) is 5. The summed E-state index contributed by atoms with van der Waals surface area (Å²) >= 11 is 1.54. The largest absolute Gasteiger partial charge is 0.352 e. The molecule has 4 aromatic rings. The lowest BCUT2D eigenvalue weighted by molar-refractivity contribution is -0.120. The van der Waals surface area contributed by atoms with E-state index in [1.54, 1.807) is 24.5 Å². The van der Waals surface area contributed by atoms with E-state index in [-0.39, 0.29) is 18.2 Å². The standard InChI is InChI=1S/C25H22N4O2S/c1-17-5-7-20(8-6-17)25-29-22(16-32-25)14-23(30)27-15-18-3-2-4-21(13-18)28-24(31)19-9-11-26-12-10-19/h2-13,16H,14-15H2,1H3,(H,27,30)(H,28,31). The quantitative estimate of drug-likeness (QED) is 0.437. The van der Waals surface area contributed by atoms with Gasteiger partial charge >= 0.3 is 0 Å². The molecule has 0 unspecified atom stereocenters. The number of anilines is 1. The van der Waals surface area contributed by atoms with Gasteiger partial charge < -0.3 is 10.6 Å². The molecule has 0 radical (unpaired) electrons. The number of thiazole rings is 1. The molecule has 32 heavy (non-hydrogen) atoms. The predicted octanol–water partition coefficient (Wildman–Crippen LogP) is 4.62. The lowest BCUT2D eigenvalue weighted by atomic mass is 10.1. The van der Waals surface area contributed by atoms with Crippen LogP contribution in [0.25, 0.3) is 10.6 Å². The van der Waals surface area contributed by atoms with Gasteiger partial charge in [0.1, 0.15) is 5.01 Å². The lowest BCUT2D eigenvalue weighted by Gasteiger charge is -2.08. The van der Waals surface area contributed by atoms with Crippen LogP contribution in [0.4, 0.5) is 5.69 Å². The van der Waals surface area contributed by atoms with E-state index < -0.39 is 0 Å². The Balaban J connectivity index is 1.31. The second-order valence-corrected chi connectivity index (χ2v) is 8.21. The number of carbonyl (C=O) groups excluding carboxylic acids is 2. The number of carbonyl (C=O) groups is 2. The normalized spacial score (nSPS) is 10.5. The highest BCUT2D eigenvalue weighted by Crippen LogP contribution is 2.24. The highest BCUT2D eigenvalue weighted by atomic mass is 32.1. The number of benzene rings is 2. The van der Waals surface area contributed by atoms with Crippen LogP contribution in [-0.2, 0) is 17.8 Å². The average molecular weight is 443 g/mol. The summed E-state index contributed by atoms with van der Waals surface area (Å²) in [4.78, 5) is 33.2. The van der Waals surface area contributed by atoms with Gasteiger partial charge in [0.15, 0.2) is 0 Å². The van der Waals surface area contributed by atoms with Crippen molar-refractivity contribution in [3.63, 3.8) is 0 Å². The Morgan fingerprint density at radius 3 is 2.56 bits per heavy atom. The number of aromatic nitrogens is 2. The molecule has 0 aliphatic heterocycles. The van der Waals surface area contributed by atoms with Gasteiger partial charge in [-0.2, -0.15) is 0 Å². The molecule has 160 valence electrons. The molecule has 4 rings (SSSR count). The fourth-order valence-corrected chi connectivity index (χ4v) is 3.94. The number of pyridine rings is 1. The molecule has 0 aliphatic carbocycles. The van der Waals surface area contributed by atoms with Crippen LogP contribution in [0.3, 0.4) is 0 Å². The van der Waals surface area contributed by atoms with Crippen LogP contribution >= 0.6 is 11.3 Å². The zero-order valence-electron chi connectivity index (χ0n) is 17.5. The molecule has 7 heteroatoms. The molecular weight excluding hydrogens is 420 g/mol. The van der Waals surface area contributed by atoms with Gasteiger partial charge in [0.25, 0.3) is 5.91 Å². The molecule has 0 atom stereocenters. The molecule has 0 saturated carbocycles. The number of rotatable bonds is 7. The fraction of sp³-hybridized carbons (Fsp3) is 0.120. The van der Waals surface area contributed by atoms with E-state index >= 15 is 0 Å². The minimum Gasteiger partial charge on any atom is -0.352 e. The van der Waals surface area contributed by atoms with Gasteiger partial charge in [-0.25, -0.2) is 4.98 Å². The molecule has 0 saturated heterocycles. The van der Waals surface area contributed by atoms with E-state index in [1.807, 2.05) is 48.7 Å². The molecular formula is C25H22N4O2S. The van der Waals surface area contributed by atoms with Crippen LogP contribution < -0.4 is 10.6 Å². The van der Waals surface area contributed by atoms with Crippen molar-refractivity contribution in [3.05, 3.63) is 101 Å². The molecule has 0 aliphatic rings. The molecule has 2 aromatic carbocycles. The van der Waals surface area contributed by atoms with Crippen LogP contribution in [0, 0.1) is 6.92 Å². The lowest BCUT2D eigenvalue weighted by Crippen LogP contribution is -2.24. The minimum atomic E-state index is -0.207. The van der Waals surface area contributed by atoms with Crippen molar-refractivity contribution in [2.75, 3.05) is 5.32 Å². The van der Waals surface area contributed by atoms with Gasteiger partial charge in [-0.1, -0.05) is 42.0 Å². The van der Waals surface area contributed by atoms with E-state index in [4.69, 9.17) is 0 Å². The first kappa shape index (κ1) is 21.4. The summed E-state index contributed by atoms with van der Waals surface area (Å²) in [7, 11) is 0. The van der Waals surface area contributed by atoms with Crippen molar-refractivity contribution in [1.29, 1.82) is 0 Å². The molecule has 2 aromatic heterocycles. The Morgan fingerprint density at radius 2 is 1.78 bits per heavy atom. The first-order chi connectivity index (χ1) is 15.6. The molecule has 0 spiro atoms. The SMILES string of the molecule is Cc1ccc(-c2nc(CC(=O)NCc3cccc(NC(=O)c4ccncc4)c3)cs2)cc1. The van der Waals surface area contributed by atoms with E-state index in [2.05, 4.69) is 32.7 Å². The van der Waals surface area contributed by atoms with Gasteiger partial charge in [0.05, 0.1) is 12.1 Å². The number of nitrogens with one attached hydrogen (secondary N) is 2. The van der Waals surface area contributed by atoms with E-state index in [1.165, 1.54) is 16.9 Å². The highest BCUT2D eigenvalue weighted by Gasteiger charge is 2.10. The monoisotopic (exact) mass is 442 g/mol. The summed E-state index contributed by atoms with van der Waals surface area (Å²) in [6, 6.07) is 18.9. The molecule has 2 amide bonds. The number of aryl methyl sites for hydroxylation is 1. The predicted molar refractivity (Wildman–Crippen MR) is 126 cm³/mol. The Labute approximate surface area is 190 Å². The summed E-state index contributed by atoms with van der Waals surface area (Å²) in [6.45, 7) is 2.42. The maximum atomic E-state index is 12.4. The highest BCUT2D eigenvalue weighted by molar-refractivity contribution is 7.13. The van der Waals surface area contributed by atoms with Crippen molar-refractivity contribution < 1.29 is 9.59 Å². The van der Waals surface area contributed by atoms with Crippen molar-refractivity contribution in [2.45, 2.75) is 19.9 Å². The second kappa shape index (κ2) is 9.98. The third kappa shape index (κ3) is 5.65. The molecule has 0 fully saturated rings. The zero-order valence-corrected chi connectivity index (χ0v) is 18.4. The van der Waals surface area contributed by atoms with Crippen molar-refractivity contribution in [1.82, 2.24) is 15.3 Å². The van der Waals surface area contributed by atoms with E-state index in [0.29, 0.717) is 17.8 Å². The van der Waals surface area contributed by atoms with E-state index in [9.17, 15) is 9.59 Å². The van der Waals surface area contributed by atoms with Crippen LogP contribution in [0.2, 0.25) is 0 Å². The first-order valence-electron chi connectivity index (χ1n) is 10.2. The first-order valence-corrected chi connectivity index (χ1v) is 11.0. The number of amides is 2. The van der Waals surface area contributed by atoms with Crippen LogP contribution in [0.1, 0.15) is 27.2 Å². The van der Waals surface area contributed by atoms with Crippen LogP contribution in [0.5, 0.6) is 0 Å². The summed E-state index contributed by atoms with van der Waals surface area (Å²) in [6.07, 6.45) is 3.38. The van der Waals surface area contributed by atoms with Crippen molar-refractivity contribution in [3.8, 4) is 10.6 Å². The molecule has 2 heterocycles. The Kier molecular flexibility index (Phi) is 6.67. The smallest absolute Gasteiger partial charge is 0.255 e. The summed E-state index contributed by atoms with van der Waals surface area (Å²) in [5, 5.41) is 8.61. The number of nitrogens with zero attached hydrogens (tertiary/aromatic N) is 2. The summed E-state index contributed by atoms with van der Waals surface area (Å²) in [5.74, 6) is -0.307. The van der Waals surface area contributed by atoms with Crippen molar-refractivity contribution >= 4 is 28.8 Å².